The number of halogens is 1. The number of rotatable bonds is 13. The molecule has 4 aliphatic rings. The fourth-order valence-corrected chi connectivity index (χ4v) is 10.7. The Balaban J connectivity index is 0.930. The maximum absolute atomic E-state index is 14.2. The minimum Gasteiger partial charge on any atom is -0.453 e. The van der Waals surface area contributed by atoms with E-state index >= 15 is 0 Å². The van der Waals surface area contributed by atoms with Gasteiger partial charge >= 0.3 is 0 Å². The fraction of sp³-hybridized carbons (Fsp3) is 0.417. The van der Waals surface area contributed by atoms with E-state index in [4.69, 9.17) is 25.8 Å². The minimum atomic E-state index is -4.60. The van der Waals surface area contributed by atoms with Crippen molar-refractivity contribution in [3.63, 3.8) is 0 Å². The number of nitro benzene ring substituents is 1. The molecule has 5 heterocycles. The van der Waals surface area contributed by atoms with Crippen LogP contribution in [0.5, 0.6) is 11.5 Å². The van der Waals surface area contributed by atoms with Gasteiger partial charge in [-0.3, -0.25) is 24.7 Å². The van der Waals surface area contributed by atoms with Crippen LogP contribution in [-0.4, -0.2) is 122 Å². The van der Waals surface area contributed by atoms with E-state index < -0.39 is 31.4 Å². The van der Waals surface area contributed by atoms with Crippen molar-refractivity contribution in [3.8, 4) is 11.5 Å². The van der Waals surface area contributed by atoms with E-state index in [0.717, 1.165) is 82.0 Å². The van der Waals surface area contributed by atoms with Crippen molar-refractivity contribution in [2.45, 2.75) is 68.5 Å². The molecule has 3 fully saturated rings. The summed E-state index contributed by atoms with van der Waals surface area (Å²) in [6, 6.07) is 20.8. The van der Waals surface area contributed by atoms with Gasteiger partial charge in [0.2, 0.25) is 0 Å². The van der Waals surface area contributed by atoms with E-state index in [0.29, 0.717) is 60.9 Å². The summed E-state index contributed by atoms with van der Waals surface area (Å²) >= 11 is 6.24. The second-order valence-corrected chi connectivity index (χ2v) is 20.2. The first-order valence-electron chi connectivity index (χ1n) is 22.5. The predicted molar refractivity (Wildman–Crippen MR) is 254 cm³/mol. The Morgan fingerprint density at radius 2 is 1.74 bits per heavy atom. The van der Waals surface area contributed by atoms with Crippen LogP contribution in [0.4, 0.5) is 17.1 Å². The Hall–Kier alpha value is -5.56. The number of aromatic nitrogens is 2. The summed E-state index contributed by atoms with van der Waals surface area (Å²) in [5.74, 6) is -0.454. The number of nitro groups is 1. The molecule has 1 amide bonds. The standard InChI is InChI=1S/C48H55ClN8O8S/c1-48(2)28-41(32-6-8-35(49)9-7-32)34(31-64-48)30-54-18-20-56(21-19-54)43-5-3-4-40(45(43)65-38-26-33-16-17-50-46(33)51-29-38)47(58)53-66(61,62)39-14-15-42(44(27-39)57(59)60)52-36-10-12-37(13-11-36)55-22-24-63-25-23-55/h3-9,14-17,26-27,29,36-37,52H,10-13,18-25,28,30-31H2,1-2H3,(H,50,51)(H,53,58). The van der Waals surface area contributed by atoms with Crippen LogP contribution in [0.2, 0.25) is 5.02 Å². The number of para-hydroxylation sites is 1. The lowest BCUT2D eigenvalue weighted by atomic mass is 9.87. The molecule has 2 saturated heterocycles. The highest BCUT2D eigenvalue weighted by atomic mass is 35.5. The first kappa shape index (κ1) is 45.6. The number of nitrogens with zero attached hydrogens (tertiary/aromatic N) is 5. The van der Waals surface area contributed by atoms with E-state index in [1.165, 1.54) is 35.5 Å². The molecule has 9 rings (SSSR count). The molecular weight excluding hydrogens is 884 g/mol. The van der Waals surface area contributed by atoms with Crippen molar-refractivity contribution in [2.75, 3.05) is 75.9 Å². The minimum absolute atomic E-state index is 0.00512. The molecule has 5 aromatic rings. The van der Waals surface area contributed by atoms with Crippen LogP contribution in [-0.2, 0) is 19.5 Å². The van der Waals surface area contributed by atoms with E-state index in [1.807, 2.05) is 24.3 Å². The molecule has 0 atom stereocenters. The molecule has 348 valence electrons. The monoisotopic (exact) mass is 938 g/mol. The lowest BCUT2D eigenvalue weighted by Gasteiger charge is -2.39. The number of hydrogen-bond acceptors (Lipinski definition) is 13. The number of sulfonamides is 1. The first-order valence-corrected chi connectivity index (χ1v) is 24.4. The van der Waals surface area contributed by atoms with Crippen LogP contribution in [0.1, 0.15) is 61.9 Å². The van der Waals surface area contributed by atoms with Gasteiger partial charge in [0.1, 0.15) is 17.1 Å². The number of carbonyl (C=O) groups is 1. The molecule has 2 aromatic heterocycles. The normalized spacial score (nSPS) is 20.9. The molecule has 1 aliphatic carbocycles. The van der Waals surface area contributed by atoms with Gasteiger partial charge in [-0.15, -0.1) is 0 Å². The van der Waals surface area contributed by atoms with Crippen LogP contribution < -0.4 is 19.7 Å². The lowest BCUT2D eigenvalue weighted by Crippen LogP contribution is -2.48. The molecule has 0 spiro atoms. The molecule has 66 heavy (non-hydrogen) atoms. The molecular formula is C48H55ClN8O8S. The zero-order valence-corrected chi connectivity index (χ0v) is 38.7. The summed E-state index contributed by atoms with van der Waals surface area (Å²) in [4.78, 5) is 40.1. The number of piperazine rings is 1. The van der Waals surface area contributed by atoms with Gasteiger partial charge in [-0.05, 0) is 105 Å². The maximum Gasteiger partial charge on any atom is 0.293 e. The van der Waals surface area contributed by atoms with Crippen molar-refractivity contribution >= 4 is 61.2 Å². The summed E-state index contributed by atoms with van der Waals surface area (Å²) in [5, 5.41) is 17.1. The summed E-state index contributed by atoms with van der Waals surface area (Å²) < 4.78 is 48.3. The van der Waals surface area contributed by atoms with Crippen molar-refractivity contribution in [1.82, 2.24) is 24.5 Å². The molecule has 18 heteroatoms. The number of pyridine rings is 1. The molecule has 1 saturated carbocycles. The van der Waals surface area contributed by atoms with Crippen molar-refractivity contribution in [1.29, 1.82) is 0 Å². The SMILES string of the molecule is CC1(C)CC(c2ccc(Cl)cc2)=C(CN2CCN(c3cccc(C(=O)NS(=O)(=O)c4ccc(NC5CCC(N6CCOCC6)CC5)c([N+](=O)[O-])c4)c3Oc3cnc4[nH]ccc4c3)CC2)CO1. The number of ether oxygens (including phenoxy) is 3. The van der Waals surface area contributed by atoms with Gasteiger partial charge in [-0.25, -0.2) is 18.1 Å². The summed E-state index contributed by atoms with van der Waals surface area (Å²) in [5.41, 5.74) is 4.38. The number of H-pyrrole nitrogens is 1. The number of anilines is 2. The smallest absolute Gasteiger partial charge is 0.293 e. The first-order chi connectivity index (χ1) is 31.8. The van der Waals surface area contributed by atoms with E-state index in [1.54, 1.807) is 18.3 Å². The highest BCUT2D eigenvalue weighted by Crippen LogP contribution is 2.39. The summed E-state index contributed by atoms with van der Waals surface area (Å²) in [6.45, 7) is 11.3. The van der Waals surface area contributed by atoms with E-state index in [9.17, 15) is 23.3 Å². The van der Waals surface area contributed by atoms with E-state index in [-0.39, 0.29) is 28.6 Å². The number of fused-ring (bicyclic) bond motifs is 1. The van der Waals surface area contributed by atoms with Gasteiger partial charge < -0.3 is 29.4 Å². The van der Waals surface area contributed by atoms with Crippen LogP contribution in [0.25, 0.3) is 16.6 Å². The quantitative estimate of drug-likeness (QED) is 0.0767. The average molecular weight is 940 g/mol. The average Bonchev–Trinajstić information content (AvgIpc) is 3.79. The number of aromatic amines is 1. The van der Waals surface area contributed by atoms with E-state index in [2.05, 4.69) is 60.7 Å². The zero-order valence-electron chi connectivity index (χ0n) is 37.1. The van der Waals surface area contributed by atoms with Gasteiger partial charge in [-0.1, -0.05) is 29.8 Å². The molecule has 3 aromatic carbocycles. The predicted octanol–water partition coefficient (Wildman–Crippen LogP) is 7.87. The second-order valence-electron chi connectivity index (χ2n) is 18.1. The molecule has 0 bridgehead atoms. The fourth-order valence-electron chi connectivity index (χ4n) is 9.58. The van der Waals surface area contributed by atoms with Crippen LogP contribution in [0.3, 0.4) is 0 Å². The maximum atomic E-state index is 14.2. The topological polar surface area (TPSA) is 184 Å². The van der Waals surface area contributed by atoms with Crippen molar-refractivity contribution in [3.05, 3.63) is 117 Å². The van der Waals surface area contributed by atoms with Crippen LogP contribution >= 0.6 is 11.6 Å². The highest BCUT2D eigenvalue weighted by molar-refractivity contribution is 7.90. The highest BCUT2D eigenvalue weighted by Gasteiger charge is 2.33. The number of benzene rings is 3. The van der Waals surface area contributed by atoms with Crippen molar-refractivity contribution < 1.29 is 32.3 Å². The largest absolute Gasteiger partial charge is 0.453 e. The van der Waals surface area contributed by atoms with Gasteiger partial charge in [-0.2, -0.15) is 0 Å². The third-order valence-electron chi connectivity index (χ3n) is 13.1. The van der Waals surface area contributed by atoms with Gasteiger partial charge in [0.05, 0.1) is 52.7 Å². The Kier molecular flexibility index (Phi) is 13.4. The number of nitrogens with one attached hydrogen (secondary N) is 3. The third-order valence-corrected chi connectivity index (χ3v) is 14.7. The summed E-state index contributed by atoms with van der Waals surface area (Å²) in [6.07, 6.45) is 7.61. The Morgan fingerprint density at radius 3 is 2.48 bits per heavy atom. The number of hydrogen-bond donors (Lipinski definition) is 3. The number of morpholine rings is 1. The van der Waals surface area contributed by atoms with Crippen LogP contribution in [0.15, 0.2) is 95.7 Å². The Morgan fingerprint density at radius 1 is 0.985 bits per heavy atom. The van der Waals surface area contributed by atoms with Crippen LogP contribution in [0, 0.1) is 10.1 Å². The lowest BCUT2D eigenvalue weighted by molar-refractivity contribution is -0.384. The zero-order chi connectivity index (χ0) is 46.0. The van der Waals surface area contributed by atoms with Gasteiger partial charge in [0, 0.05) is 87.0 Å². The molecule has 16 nitrogen and oxygen atoms in total. The second kappa shape index (κ2) is 19.3. The number of carbonyl (C=O) groups excluding carboxylic acids is 1. The third kappa shape index (κ3) is 10.4. The molecule has 0 unspecified atom stereocenters. The Bertz CT molecular complexity index is 2720. The molecule has 3 aliphatic heterocycles. The Labute approximate surface area is 389 Å². The van der Waals surface area contributed by atoms with Gasteiger partial charge in [0.25, 0.3) is 21.6 Å². The summed E-state index contributed by atoms with van der Waals surface area (Å²) in [7, 11) is -4.60. The number of amides is 1. The van der Waals surface area contributed by atoms with Crippen molar-refractivity contribution in [2.24, 2.45) is 0 Å². The molecule has 3 N–H and O–H groups in total. The molecule has 0 radical (unpaired) electrons. The van der Waals surface area contributed by atoms with Gasteiger partial charge in [0.15, 0.2) is 5.75 Å².